The van der Waals surface area contributed by atoms with Crippen LogP contribution in [0.3, 0.4) is 0 Å². The van der Waals surface area contributed by atoms with Crippen LogP contribution in [-0.2, 0) is 0 Å². The van der Waals surface area contributed by atoms with E-state index in [1.807, 2.05) is 18.2 Å². The molecule has 0 radical (unpaired) electrons. The molecule has 14 heavy (non-hydrogen) atoms. The molecule has 2 heterocycles. The number of nitrogens with zero attached hydrogens (tertiary/aromatic N) is 2. The summed E-state index contributed by atoms with van der Waals surface area (Å²) in [5, 5.41) is 0. The molecule has 4 heteroatoms. The molecular weight excluding hydrogens is 176 g/mol. The van der Waals surface area contributed by atoms with Gasteiger partial charge in [-0.2, -0.15) is 0 Å². The Labute approximate surface area is 81.6 Å². The molecule has 4 nitrogen and oxygen atoms in total. The standard InChI is InChI=1S/C10H10N4/c11-9-7(4-6-14-10(9)12)8-3-1-2-5-13-8/h1-6H,11H2,(H2,12,14). The number of hydrogen-bond donors (Lipinski definition) is 2. The van der Waals surface area contributed by atoms with Crippen LogP contribution >= 0.6 is 0 Å². The molecule has 0 saturated heterocycles. The Morgan fingerprint density at radius 2 is 1.79 bits per heavy atom. The van der Waals surface area contributed by atoms with Crippen LogP contribution in [0.4, 0.5) is 11.5 Å². The third-order valence-electron chi connectivity index (χ3n) is 1.96. The number of nitrogens with two attached hydrogens (primary N) is 2. The molecule has 4 N–H and O–H groups in total. The van der Waals surface area contributed by atoms with Crippen LogP contribution in [0.5, 0.6) is 0 Å². The summed E-state index contributed by atoms with van der Waals surface area (Å²) in [7, 11) is 0. The second-order valence-corrected chi connectivity index (χ2v) is 2.87. The van der Waals surface area contributed by atoms with E-state index in [-0.39, 0.29) is 0 Å². The molecule has 2 aromatic heterocycles. The Morgan fingerprint density at radius 3 is 2.50 bits per heavy atom. The predicted molar refractivity (Wildman–Crippen MR) is 56.3 cm³/mol. The van der Waals surface area contributed by atoms with E-state index in [2.05, 4.69) is 9.97 Å². The normalized spacial score (nSPS) is 10.0. The molecule has 0 fully saturated rings. The van der Waals surface area contributed by atoms with Crippen LogP contribution in [0.25, 0.3) is 11.3 Å². The van der Waals surface area contributed by atoms with E-state index < -0.39 is 0 Å². The Kier molecular flexibility index (Phi) is 2.02. The molecule has 0 spiro atoms. The first-order valence-corrected chi connectivity index (χ1v) is 4.20. The number of aromatic nitrogens is 2. The van der Waals surface area contributed by atoms with E-state index in [9.17, 15) is 0 Å². The lowest BCUT2D eigenvalue weighted by molar-refractivity contribution is 1.29. The summed E-state index contributed by atoms with van der Waals surface area (Å²) in [5.41, 5.74) is 13.5. The van der Waals surface area contributed by atoms with Crippen molar-refractivity contribution in [3.8, 4) is 11.3 Å². The summed E-state index contributed by atoms with van der Waals surface area (Å²) < 4.78 is 0. The lowest BCUT2D eigenvalue weighted by Gasteiger charge is -2.05. The first kappa shape index (κ1) is 8.50. The molecule has 2 rings (SSSR count). The summed E-state index contributed by atoms with van der Waals surface area (Å²) in [6.07, 6.45) is 3.33. The highest BCUT2D eigenvalue weighted by Crippen LogP contribution is 2.26. The largest absolute Gasteiger partial charge is 0.395 e. The van der Waals surface area contributed by atoms with Gasteiger partial charge in [-0.3, -0.25) is 4.98 Å². The number of hydrogen-bond acceptors (Lipinski definition) is 4. The van der Waals surface area contributed by atoms with Gasteiger partial charge in [-0.1, -0.05) is 6.07 Å². The first-order valence-electron chi connectivity index (χ1n) is 4.20. The van der Waals surface area contributed by atoms with Crippen molar-refractivity contribution in [1.82, 2.24) is 9.97 Å². The molecular formula is C10H10N4. The van der Waals surface area contributed by atoms with Gasteiger partial charge < -0.3 is 11.5 Å². The van der Waals surface area contributed by atoms with Gasteiger partial charge in [-0.05, 0) is 18.2 Å². The first-order chi connectivity index (χ1) is 6.79. The van der Waals surface area contributed by atoms with Gasteiger partial charge in [0.05, 0.1) is 11.4 Å². The van der Waals surface area contributed by atoms with Crippen molar-refractivity contribution < 1.29 is 0 Å². The summed E-state index contributed by atoms with van der Waals surface area (Å²) in [6, 6.07) is 7.43. The Morgan fingerprint density at radius 1 is 0.929 bits per heavy atom. The quantitative estimate of drug-likeness (QED) is 0.703. The maximum Gasteiger partial charge on any atom is 0.147 e. The summed E-state index contributed by atoms with van der Waals surface area (Å²) in [5.74, 6) is 0.341. The molecule has 0 aliphatic carbocycles. The molecule has 0 aromatic carbocycles. The molecule has 2 aromatic rings. The second kappa shape index (κ2) is 3.33. The highest BCUT2D eigenvalue weighted by molar-refractivity contribution is 5.80. The van der Waals surface area contributed by atoms with E-state index in [0.717, 1.165) is 11.3 Å². The van der Waals surface area contributed by atoms with E-state index in [0.29, 0.717) is 11.5 Å². The second-order valence-electron chi connectivity index (χ2n) is 2.87. The van der Waals surface area contributed by atoms with Crippen LogP contribution in [0, 0.1) is 0 Å². The lowest BCUT2D eigenvalue weighted by atomic mass is 10.1. The third-order valence-corrected chi connectivity index (χ3v) is 1.96. The van der Waals surface area contributed by atoms with Crippen molar-refractivity contribution in [2.75, 3.05) is 11.5 Å². The molecule has 0 amide bonds. The van der Waals surface area contributed by atoms with Gasteiger partial charge in [0.25, 0.3) is 0 Å². The fraction of sp³-hybridized carbons (Fsp3) is 0. The molecule has 0 aliphatic heterocycles. The van der Waals surface area contributed by atoms with Crippen molar-refractivity contribution in [2.45, 2.75) is 0 Å². The van der Waals surface area contributed by atoms with Crippen molar-refractivity contribution in [1.29, 1.82) is 0 Å². The van der Waals surface area contributed by atoms with Gasteiger partial charge in [0, 0.05) is 18.0 Å². The smallest absolute Gasteiger partial charge is 0.147 e. The highest BCUT2D eigenvalue weighted by Gasteiger charge is 2.05. The van der Waals surface area contributed by atoms with Crippen molar-refractivity contribution >= 4 is 11.5 Å². The Hall–Kier alpha value is -2.10. The topological polar surface area (TPSA) is 77.8 Å². The molecule has 0 bridgehead atoms. The zero-order valence-corrected chi connectivity index (χ0v) is 7.51. The average molecular weight is 186 g/mol. The minimum atomic E-state index is 0.341. The highest BCUT2D eigenvalue weighted by atomic mass is 14.9. The maximum atomic E-state index is 5.79. The Bertz CT molecular complexity index is 439. The number of nitrogen functional groups attached to an aromatic ring is 2. The van der Waals surface area contributed by atoms with E-state index in [1.165, 1.54) is 0 Å². The zero-order chi connectivity index (χ0) is 9.97. The van der Waals surface area contributed by atoms with Crippen molar-refractivity contribution in [3.63, 3.8) is 0 Å². The van der Waals surface area contributed by atoms with Crippen LogP contribution in [-0.4, -0.2) is 9.97 Å². The van der Waals surface area contributed by atoms with Crippen LogP contribution < -0.4 is 11.5 Å². The van der Waals surface area contributed by atoms with E-state index in [1.54, 1.807) is 18.5 Å². The van der Waals surface area contributed by atoms with Gasteiger partial charge in [0.2, 0.25) is 0 Å². The van der Waals surface area contributed by atoms with Gasteiger partial charge in [-0.25, -0.2) is 4.98 Å². The minimum Gasteiger partial charge on any atom is -0.395 e. The number of pyridine rings is 2. The van der Waals surface area contributed by atoms with Crippen LogP contribution in [0.1, 0.15) is 0 Å². The third kappa shape index (κ3) is 1.37. The summed E-state index contributed by atoms with van der Waals surface area (Å²) >= 11 is 0. The van der Waals surface area contributed by atoms with E-state index >= 15 is 0 Å². The van der Waals surface area contributed by atoms with Gasteiger partial charge >= 0.3 is 0 Å². The van der Waals surface area contributed by atoms with E-state index in [4.69, 9.17) is 11.5 Å². The Balaban J connectivity index is 2.58. The fourth-order valence-corrected chi connectivity index (χ4v) is 1.23. The summed E-state index contributed by atoms with van der Waals surface area (Å²) in [6.45, 7) is 0. The molecule has 0 unspecified atom stereocenters. The van der Waals surface area contributed by atoms with Crippen molar-refractivity contribution in [3.05, 3.63) is 36.7 Å². The molecule has 0 atom stereocenters. The van der Waals surface area contributed by atoms with Gasteiger partial charge in [0.1, 0.15) is 5.82 Å². The van der Waals surface area contributed by atoms with Crippen LogP contribution in [0.2, 0.25) is 0 Å². The van der Waals surface area contributed by atoms with Crippen molar-refractivity contribution in [2.24, 2.45) is 0 Å². The zero-order valence-electron chi connectivity index (χ0n) is 7.51. The summed E-state index contributed by atoms with van der Waals surface area (Å²) in [4.78, 5) is 8.08. The predicted octanol–water partition coefficient (Wildman–Crippen LogP) is 1.31. The van der Waals surface area contributed by atoms with Gasteiger partial charge in [0.15, 0.2) is 0 Å². The number of rotatable bonds is 1. The monoisotopic (exact) mass is 186 g/mol. The molecule has 0 saturated carbocycles. The average Bonchev–Trinajstić information content (AvgIpc) is 2.23. The van der Waals surface area contributed by atoms with Gasteiger partial charge in [-0.15, -0.1) is 0 Å². The SMILES string of the molecule is Nc1nccc(-c2ccccn2)c1N. The minimum absolute atomic E-state index is 0.341. The number of anilines is 2. The molecule has 70 valence electrons. The fourth-order valence-electron chi connectivity index (χ4n) is 1.23. The lowest BCUT2D eigenvalue weighted by Crippen LogP contribution is -1.99. The maximum absolute atomic E-state index is 5.79. The molecule has 0 aliphatic rings. The van der Waals surface area contributed by atoms with Crippen LogP contribution in [0.15, 0.2) is 36.7 Å².